The summed E-state index contributed by atoms with van der Waals surface area (Å²) in [4.78, 5) is 10.7. The lowest BCUT2D eigenvalue weighted by Gasteiger charge is -2.29. The lowest BCUT2D eigenvalue weighted by molar-refractivity contribution is 0.192. The monoisotopic (exact) mass is 206 g/mol. The van der Waals surface area contributed by atoms with Crippen LogP contribution in [0.1, 0.15) is 31.5 Å². The summed E-state index contributed by atoms with van der Waals surface area (Å²) in [5.74, 6) is 0. The molecule has 0 radical (unpaired) electrons. The van der Waals surface area contributed by atoms with Crippen LogP contribution in [0.5, 0.6) is 0 Å². The van der Waals surface area contributed by atoms with Crippen molar-refractivity contribution in [2.75, 3.05) is 13.1 Å². The van der Waals surface area contributed by atoms with E-state index in [1.807, 2.05) is 6.07 Å². The molecular formula is C11H18N4. The zero-order valence-electron chi connectivity index (χ0n) is 9.13. The molecule has 2 atom stereocenters. The SMILES string of the molecule is CC1CCCN1C(CN)c1ccncn1. The van der Waals surface area contributed by atoms with E-state index < -0.39 is 0 Å². The molecule has 0 aromatic carbocycles. The van der Waals surface area contributed by atoms with Gasteiger partial charge in [0.1, 0.15) is 6.33 Å². The van der Waals surface area contributed by atoms with Gasteiger partial charge < -0.3 is 5.73 Å². The smallest absolute Gasteiger partial charge is 0.115 e. The molecule has 2 unspecified atom stereocenters. The van der Waals surface area contributed by atoms with E-state index >= 15 is 0 Å². The minimum atomic E-state index is 0.255. The summed E-state index contributed by atoms with van der Waals surface area (Å²) in [5.41, 5.74) is 6.89. The molecule has 0 aliphatic carbocycles. The molecule has 2 heterocycles. The summed E-state index contributed by atoms with van der Waals surface area (Å²) in [6.07, 6.45) is 5.91. The van der Waals surface area contributed by atoms with Crippen LogP contribution < -0.4 is 5.73 Å². The van der Waals surface area contributed by atoms with Gasteiger partial charge in [0.05, 0.1) is 11.7 Å². The summed E-state index contributed by atoms with van der Waals surface area (Å²) < 4.78 is 0. The molecule has 82 valence electrons. The first kappa shape index (κ1) is 10.5. The van der Waals surface area contributed by atoms with Gasteiger partial charge in [0, 0.05) is 18.8 Å². The molecule has 1 aromatic rings. The average Bonchev–Trinajstić information content (AvgIpc) is 2.68. The second-order valence-corrected chi connectivity index (χ2v) is 4.11. The van der Waals surface area contributed by atoms with Gasteiger partial charge in [-0.1, -0.05) is 0 Å². The second kappa shape index (κ2) is 4.68. The molecule has 1 aromatic heterocycles. The van der Waals surface area contributed by atoms with Crippen molar-refractivity contribution in [2.45, 2.75) is 31.8 Å². The third-order valence-corrected chi connectivity index (χ3v) is 3.17. The number of rotatable bonds is 3. The molecule has 0 spiro atoms. The van der Waals surface area contributed by atoms with Crippen LogP contribution in [0.4, 0.5) is 0 Å². The van der Waals surface area contributed by atoms with Gasteiger partial charge in [-0.3, -0.25) is 4.90 Å². The number of nitrogens with two attached hydrogens (primary N) is 1. The van der Waals surface area contributed by atoms with E-state index in [2.05, 4.69) is 21.8 Å². The first-order valence-corrected chi connectivity index (χ1v) is 5.54. The molecule has 0 amide bonds. The fourth-order valence-corrected chi connectivity index (χ4v) is 2.34. The number of hydrogen-bond donors (Lipinski definition) is 1. The Hall–Kier alpha value is -1.00. The maximum absolute atomic E-state index is 5.84. The van der Waals surface area contributed by atoms with Gasteiger partial charge in [-0.2, -0.15) is 0 Å². The highest BCUT2D eigenvalue weighted by atomic mass is 15.2. The van der Waals surface area contributed by atoms with Crippen LogP contribution in [0.3, 0.4) is 0 Å². The fraction of sp³-hybridized carbons (Fsp3) is 0.636. The molecule has 1 fully saturated rings. The Morgan fingerprint density at radius 3 is 3.07 bits per heavy atom. The first-order valence-electron chi connectivity index (χ1n) is 5.54. The molecule has 2 rings (SSSR count). The van der Waals surface area contributed by atoms with Crippen molar-refractivity contribution < 1.29 is 0 Å². The molecular weight excluding hydrogens is 188 g/mol. The van der Waals surface area contributed by atoms with E-state index in [9.17, 15) is 0 Å². The first-order chi connectivity index (χ1) is 7.33. The largest absolute Gasteiger partial charge is 0.329 e. The molecule has 4 heteroatoms. The number of nitrogens with zero attached hydrogens (tertiary/aromatic N) is 3. The normalized spacial score (nSPS) is 24.3. The fourth-order valence-electron chi connectivity index (χ4n) is 2.34. The lowest BCUT2D eigenvalue weighted by Crippen LogP contribution is -2.36. The van der Waals surface area contributed by atoms with E-state index in [0.717, 1.165) is 12.2 Å². The third-order valence-electron chi connectivity index (χ3n) is 3.17. The summed E-state index contributed by atoms with van der Waals surface area (Å²) in [6.45, 7) is 4.02. The van der Waals surface area contributed by atoms with E-state index in [1.165, 1.54) is 12.8 Å². The van der Waals surface area contributed by atoms with Crippen molar-refractivity contribution in [1.82, 2.24) is 14.9 Å². The van der Waals surface area contributed by atoms with Crippen LogP contribution in [-0.2, 0) is 0 Å². The van der Waals surface area contributed by atoms with E-state index in [4.69, 9.17) is 5.73 Å². The molecule has 15 heavy (non-hydrogen) atoms. The van der Waals surface area contributed by atoms with Crippen molar-refractivity contribution in [3.05, 3.63) is 24.3 Å². The topological polar surface area (TPSA) is 55.0 Å². The molecule has 1 aliphatic rings. The van der Waals surface area contributed by atoms with Gasteiger partial charge in [0.25, 0.3) is 0 Å². The van der Waals surface area contributed by atoms with E-state index in [-0.39, 0.29) is 6.04 Å². The van der Waals surface area contributed by atoms with Crippen molar-refractivity contribution in [3.63, 3.8) is 0 Å². The van der Waals surface area contributed by atoms with Crippen molar-refractivity contribution in [3.8, 4) is 0 Å². The minimum Gasteiger partial charge on any atom is -0.329 e. The predicted molar refractivity (Wildman–Crippen MR) is 59.2 cm³/mol. The summed E-state index contributed by atoms with van der Waals surface area (Å²) >= 11 is 0. The molecule has 2 N–H and O–H groups in total. The second-order valence-electron chi connectivity index (χ2n) is 4.11. The van der Waals surface area contributed by atoms with E-state index in [0.29, 0.717) is 12.6 Å². The molecule has 1 aliphatic heterocycles. The minimum absolute atomic E-state index is 0.255. The number of hydrogen-bond acceptors (Lipinski definition) is 4. The predicted octanol–water partition coefficient (Wildman–Crippen LogP) is 0.961. The van der Waals surface area contributed by atoms with Crippen LogP contribution >= 0.6 is 0 Å². The van der Waals surface area contributed by atoms with Crippen molar-refractivity contribution in [2.24, 2.45) is 5.73 Å². The Morgan fingerprint density at radius 2 is 2.53 bits per heavy atom. The standard InChI is InChI=1S/C11H18N4/c1-9-3-2-6-15(9)11(7-12)10-4-5-13-8-14-10/h4-5,8-9,11H,2-3,6-7,12H2,1H3. The number of likely N-dealkylation sites (tertiary alicyclic amines) is 1. The Balaban J connectivity index is 2.17. The van der Waals surface area contributed by atoms with Gasteiger partial charge in [-0.15, -0.1) is 0 Å². The van der Waals surface area contributed by atoms with Gasteiger partial charge in [-0.05, 0) is 32.4 Å². The van der Waals surface area contributed by atoms with E-state index in [1.54, 1.807) is 12.5 Å². The lowest BCUT2D eigenvalue weighted by atomic mass is 10.1. The van der Waals surface area contributed by atoms with Gasteiger partial charge in [0.2, 0.25) is 0 Å². The average molecular weight is 206 g/mol. The van der Waals surface area contributed by atoms with Crippen LogP contribution in [0.25, 0.3) is 0 Å². The molecule has 1 saturated heterocycles. The Bertz CT molecular complexity index is 301. The summed E-state index contributed by atoms with van der Waals surface area (Å²) in [7, 11) is 0. The van der Waals surface area contributed by atoms with Crippen molar-refractivity contribution in [1.29, 1.82) is 0 Å². The van der Waals surface area contributed by atoms with Gasteiger partial charge in [-0.25, -0.2) is 9.97 Å². The zero-order chi connectivity index (χ0) is 10.7. The van der Waals surface area contributed by atoms with Gasteiger partial charge >= 0.3 is 0 Å². The van der Waals surface area contributed by atoms with Crippen LogP contribution in [0.2, 0.25) is 0 Å². The highest BCUT2D eigenvalue weighted by molar-refractivity contribution is 5.07. The quantitative estimate of drug-likeness (QED) is 0.800. The molecule has 4 nitrogen and oxygen atoms in total. The summed E-state index contributed by atoms with van der Waals surface area (Å²) in [6, 6.07) is 2.83. The zero-order valence-corrected chi connectivity index (χ0v) is 9.13. The van der Waals surface area contributed by atoms with Crippen LogP contribution in [0, 0.1) is 0 Å². The van der Waals surface area contributed by atoms with Crippen molar-refractivity contribution >= 4 is 0 Å². The molecule has 0 saturated carbocycles. The Kier molecular flexibility index (Phi) is 3.28. The Morgan fingerprint density at radius 1 is 1.67 bits per heavy atom. The van der Waals surface area contributed by atoms with Gasteiger partial charge in [0.15, 0.2) is 0 Å². The highest BCUT2D eigenvalue weighted by Gasteiger charge is 2.28. The maximum Gasteiger partial charge on any atom is 0.115 e. The maximum atomic E-state index is 5.84. The summed E-state index contributed by atoms with van der Waals surface area (Å²) in [5, 5.41) is 0. The molecule has 0 bridgehead atoms. The highest BCUT2D eigenvalue weighted by Crippen LogP contribution is 2.26. The Labute approximate surface area is 90.5 Å². The number of aromatic nitrogens is 2. The van der Waals surface area contributed by atoms with Crippen LogP contribution in [-0.4, -0.2) is 34.0 Å². The third kappa shape index (κ3) is 2.16. The van der Waals surface area contributed by atoms with Crippen LogP contribution in [0.15, 0.2) is 18.6 Å².